The molecule has 1 heterocycles. The average molecular weight is 323 g/mol. The van der Waals surface area contributed by atoms with E-state index in [1.807, 2.05) is 50.2 Å². The molecule has 2 aromatic rings. The van der Waals surface area contributed by atoms with Crippen molar-refractivity contribution in [1.82, 2.24) is 4.98 Å². The van der Waals surface area contributed by atoms with E-state index in [-0.39, 0.29) is 12.5 Å². The van der Waals surface area contributed by atoms with Crippen molar-refractivity contribution >= 4 is 11.8 Å². The topological polar surface area (TPSA) is 86.0 Å². The van der Waals surface area contributed by atoms with Gasteiger partial charge in [0.2, 0.25) is 0 Å². The van der Waals surface area contributed by atoms with Crippen molar-refractivity contribution in [1.29, 1.82) is 5.26 Å². The van der Waals surface area contributed by atoms with Crippen LogP contribution < -0.4 is 5.32 Å². The van der Waals surface area contributed by atoms with E-state index in [0.717, 1.165) is 16.8 Å². The Morgan fingerprint density at radius 2 is 2.04 bits per heavy atom. The Morgan fingerprint density at radius 3 is 2.67 bits per heavy atom. The fourth-order valence-electron chi connectivity index (χ4n) is 2.70. The lowest BCUT2D eigenvalue weighted by Gasteiger charge is -2.20. The van der Waals surface area contributed by atoms with Crippen molar-refractivity contribution in [3.05, 3.63) is 58.8 Å². The van der Waals surface area contributed by atoms with E-state index in [1.165, 1.54) is 0 Å². The molecule has 5 heteroatoms. The SMILES string of the molecule is Cc1cc(C)c(C#N)c(NC(CCC(=O)O)Cc2ccccc2)n1. The van der Waals surface area contributed by atoms with Crippen LogP contribution in [-0.2, 0) is 11.2 Å². The molecule has 1 aromatic heterocycles. The summed E-state index contributed by atoms with van der Waals surface area (Å²) in [6, 6.07) is 13.8. The maximum absolute atomic E-state index is 10.9. The van der Waals surface area contributed by atoms with Gasteiger partial charge in [0.1, 0.15) is 11.9 Å². The molecule has 0 saturated heterocycles. The van der Waals surface area contributed by atoms with Crippen molar-refractivity contribution in [2.75, 3.05) is 5.32 Å². The van der Waals surface area contributed by atoms with Crippen molar-refractivity contribution in [2.45, 2.75) is 39.2 Å². The molecular weight excluding hydrogens is 302 g/mol. The van der Waals surface area contributed by atoms with Crippen LogP contribution in [0.15, 0.2) is 36.4 Å². The second-order valence-electron chi connectivity index (χ2n) is 5.88. The smallest absolute Gasteiger partial charge is 0.303 e. The normalized spacial score (nSPS) is 11.5. The first-order chi connectivity index (χ1) is 11.5. The number of carbonyl (C=O) groups is 1. The predicted octanol–water partition coefficient (Wildman–Crippen LogP) is 3.46. The largest absolute Gasteiger partial charge is 0.481 e. The number of carboxylic acids is 1. The molecule has 24 heavy (non-hydrogen) atoms. The average Bonchev–Trinajstić information content (AvgIpc) is 2.53. The van der Waals surface area contributed by atoms with Crippen LogP contribution in [0.1, 0.15) is 35.2 Å². The van der Waals surface area contributed by atoms with Crippen molar-refractivity contribution < 1.29 is 9.90 Å². The molecule has 0 amide bonds. The Hall–Kier alpha value is -2.87. The number of anilines is 1. The lowest BCUT2D eigenvalue weighted by atomic mass is 10.0. The molecular formula is C19H21N3O2. The van der Waals surface area contributed by atoms with Gasteiger partial charge in [-0.05, 0) is 43.9 Å². The van der Waals surface area contributed by atoms with Crippen LogP contribution in [0.2, 0.25) is 0 Å². The summed E-state index contributed by atoms with van der Waals surface area (Å²) in [5.74, 6) is -0.301. The molecule has 0 aliphatic rings. The summed E-state index contributed by atoms with van der Waals surface area (Å²) in [5.41, 5.74) is 3.31. The third kappa shape index (κ3) is 4.82. The molecule has 124 valence electrons. The highest BCUT2D eigenvalue weighted by Gasteiger charge is 2.16. The number of aromatic nitrogens is 1. The standard InChI is InChI=1S/C19H21N3O2/c1-13-10-14(2)21-19(17(13)12-20)22-16(8-9-18(23)24)11-15-6-4-3-5-7-15/h3-7,10,16H,8-9,11H2,1-2H3,(H,21,22)(H,23,24). The van der Waals surface area contributed by atoms with Gasteiger partial charge in [0, 0.05) is 18.2 Å². The molecule has 5 nitrogen and oxygen atoms in total. The molecule has 1 aromatic carbocycles. The number of nitrogens with one attached hydrogen (secondary N) is 1. The first-order valence-corrected chi connectivity index (χ1v) is 7.90. The van der Waals surface area contributed by atoms with Crippen molar-refractivity contribution in [3.63, 3.8) is 0 Å². The van der Waals surface area contributed by atoms with Crippen LogP contribution >= 0.6 is 0 Å². The predicted molar refractivity (Wildman–Crippen MR) is 92.9 cm³/mol. The van der Waals surface area contributed by atoms with E-state index < -0.39 is 5.97 Å². The lowest BCUT2D eigenvalue weighted by Crippen LogP contribution is -2.25. The Labute approximate surface area is 142 Å². The first kappa shape index (κ1) is 17.5. The minimum absolute atomic E-state index is 0.0667. The number of pyridine rings is 1. The molecule has 0 bridgehead atoms. The number of rotatable bonds is 7. The molecule has 1 atom stereocenters. The molecule has 1 unspecified atom stereocenters. The Bertz CT molecular complexity index is 751. The second-order valence-corrected chi connectivity index (χ2v) is 5.88. The first-order valence-electron chi connectivity index (χ1n) is 7.90. The number of nitrogens with zero attached hydrogens (tertiary/aromatic N) is 2. The quantitative estimate of drug-likeness (QED) is 0.815. The van der Waals surface area contributed by atoms with Gasteiger partial charge in [-0.2, -0.15) is 5.26 Å². The van der Waals surface area contributed by atoms with Crippen LogP contribution in [-0.4, -0.2) is 22.1 Å². The minimum Gasteiger partial charge on any atom is -0.481 e. The summed E-state index contributed by atoms with van der Waals surface area (Å²) in [6.45, 7) is 3.75. The van der Waals surface area contributed by atoms with Gasteiger partial charge in [-0.15, -0.1) is 0 Å². The molecule has 0 radical (unpaired) electrons. The maximum atomic E-state index is 10.9. The molecule has 0 aliphatic heterocycles. The Morgan fingerprint density at radius 1 is 1.33 bits per heavy atom. The zero-order chi connectivity index (χ0) is 17.5. The summed E-state index contributed by atoms with van der Waals surface area (Å²) < 4.78 is 0. The van der Waals surface area contributed by atoms with Gasteiger partial charge in [0.25, 0.3) is 0 Å². The van der Waals surface area contributed by atoms with Gasteiger partial charge < -0.3 is 10.4 Å². The van der Waals surface area contributed by atoms with Crippen LogP contribution in [0.4, 0.5) is 5.82 Å². The van der Waals surface area contributed by atoms with Gasteiger partial charge in [-0.25, -0.2) is 4.98 Å². The minimum atomic E-state index is -0.830. The monoisotopic (exact) mass is 323 g/mol. The fraction of sp³-hybridized carbons (Fsp3) is 0.316. The third-order valence-electron chi connectivity index (χ3n) is 3.83. The highest BCUT2D eigenvalue weighted by Crippen LogP contribution is 2.20. The number of hydrogen-bond donors (Lipinski definition) is 2. The second kappa shape index (κ2) is 8.11. The number of carboxylic acid groups (broad SMARTS) is 1. The summed E-state index contributed by atoms with van der Waals surface area (Å²) in [7, 11) is 0. The Balaban J connectivity index is 2.24. The number of nitriles is 1. The van der Waals surface area contributed by atoms with Crippen molar-refractivity contribution in [3.8, 4) is 6.07 Å². The highest BCUT2D eigenvalue weighted by molar-refractivity contribution is 5.67. The summed E-state index contributed by atoms with van der Waals surface area (Å²) in [6.07, 6.45) is 1.20. The fourth-order valence-corrected chi connectivity index (χ4v) is 2.70. The van der Waals surface area contributed by atoms with E-state index in [4.69, 9.17) is 5.11 Å². The van der Waals surface area contributed by atoms with Gasteiger partial charge >= 0.3 is 5.97 Å². The molecule has 0 spiro atoms. The summed E-state index contributed by atoms with van der Waals surface area (Å²) in [5, 5.41) is 21.7. The van der Waals surface area contributed by atoms with E-state index in [2.05, 4.69) is 16.4 Å². The Kier molecular flexibility index (Phi) is 5.91. The van der Waals surface area contributed by atoms with Crippen LogP contribution in [0.5, 0.6) is 0 Å². The number of benzene rings is 1. The maximum Gasteiger partial charge on any atom is 0.303 e. The highest BCUT2D eigenvalue weighted by atomic mass is 16.4. The summed E-state index contributed by atoms with van der Waals surface area (Å²) in [4.78, 5) is 15.4. The van der Waals surface area contributed by atoms with Crippen LogP contribution in [0, 0.1) is 25.2 Å². The van der Waals surface area contributed by atoms with Crippen molar-refractivity contribution in [2.24, 2.45) is 0 Å². The number of hydrogen-bond acceptors (Lipinski definition) is 4. The summed E-state index contributed by atoms with van der Waals surface area (Å²) >= 11 is 0. The zero-order valence-corrected chi connectivity index (χ0v) is 13.9. The zero-order valence-electron chi connectivity index (χ0n) is 13.9. The third-order valence-corrected chi connectivity index (χ3v) is 3.83. The lowest BCUT2D eigenvalue weighted by molar-refractivity contribution is -0.137. The van der Waals surface area contributed by atoms with E-state index in [9.17, 15) is 10.1 Å². The molecule has 0 aliphatic carbocycles. The van der Waals surface area contributed by atoms with Gasteiger partial charge in [-0.3, -0.25) is 4.79 Å². The number of aliphatic carboxylic acids is 1. The van der Waals surface area contributed by atoms with Gasteiger partial charge in [-0.1, -0.05) is 30.3 Å². The van der Waals surface area contributed by atoms with Crippen LogP contribution in [0.25, 0.3) is 0 Å². The van der Waals surface area contributed by atoms with Gasteiger partial charge in [0.05, 0.1) is 5.56 Å². The van der Waals surface area contributed by atoms with Crippen LogP contribution in [0.3, 0.4) is 0 Å². The number of aryl methyl sites for hydroxylation is 2. The van der Waals surface area contributed by atoms with E-state index in [0.29, 0.717) is 24.2 Å². The van der Waals surface area contributed by atoms with E-state index >= 15 is 0 Å². The van der Waals surface area contributed by atoms with Gasteiger partial charge in [0.15, 0.2) is 0 Å². The molecule has 0 saturated carbocycles. The molecule has 2 N–H and O–H groups in total. The molecule has 0 fully saturated rings. The van der Waals surface area contributed by atoms with E-state index in [1.54, 1.807) is 0 Å². The molecule has 2 rings (SSSR count).